The van der Waals surface area contributed by atoms with E-state index in [9.17, 15) is 9.90 Å². The number of nitrogens with one attached hydrogen (secondary N) is 1. The molecule has 1 heterocycles. The highest BCUT2D eigenvalue weighted by Crippen LogP contribution is 2.27. The minimum atomic E-state index is -0.660. The number of aliphatic carboxylic acids is 1. The van der Waals surface area contributed by atoms with Crippen LogP contribution in [0.3, 0.4) is 0 Å². The first kappa shape index (κ1) is 10.9. The third-order valence-corrected chi connectivity index (χ3v) is 3.75. The van der Waals surface area contributed by atoms with Gasteiger partial charge in [-0.1, -0.05) is 0 Å². The van der Waals surface area contributed by atoms with Gasteiger partial charge in [-0.2, -0.15) is 0 Å². The lowest BCUT2D eigenvalue weighted by Crippen LogP contribution is -2.56. The first-order valence-electron chi connectivity index (χ1n) is 5.78. The average molecular weight is 212 g/mol. The van der Waals surface area contributed by atoms with E-state index in [0.717, 1.165) is 13.0 Å². The fourth-order valence-corrected chi connectivity index (χ4v) is 2.45. The molecule has 1 saturated carbocycles. The van der Waals surface area contributed by atoms with Crippen molar-refractivity contribution in [2.45, 2.75) is 44.3 Å². The van der Waals surface area contributed by atoms with E-state index in [4.69, 9.17) is 0 Å². The zero-order valence-electron chi connectivity index (χ0n) is 9.44. The van der Waals surface area contributed by atoms with Crippen molar-refractivity contribution in [3.63, 3.8) is 0 Å². The van der Waals surface area contributed by atoms with Crippen molar-refractivity contribution in [1.29, 1.82) is 0 Å². The number of carboxylic acid groups (broad SMARTS) is 1. The fraction of sp³-hybridized carbons (Fsp3) is 0.909. The first-order chi connectivity index (χ1) is 7.09. The topological polar surface area (TPSA) is 52.6 Å². The van der Waals surface area contributed by atoms with Crippen LogP contribution in [0.25, 0.3) is 0 Å². The molecule has 2 N–H and O–H groups in total. The van der Waals surface area contributed by atoms with Crippen molar-refractivity contribution in [2.24, 2.45) is 5.92 Å². The Morgan fingerprint density at radius 1 is 1.40 bits per heavy atom. The molecule has 0 radical (unpaired) electrons. The molecule has 1 saturated heterocycles. The van der Waals surface area contributed by atoms with Crippen molar-refractivity contribution in [3.8, 4) is 0 Å². The van der Waals surface area contributed by atoms with Crippen LogP contribution < -0.4 is 5.32 Å². The molecule has 4 heteroatoms. The van der Waals surface area contributed by atoms with Crippen LogP contribution in [0.1, 0.15) is 26.2 Å². The van der Waals surface area contributed by atoms with Crippen LogP contribution in [-0.2, 0) is 4.79 Å². The van der Waals surface area contributed by atoms with E-state index in [-0.39, 0.29) is 18.0 Å². The van der Waals surface area contributed by atoms with Crippen molar-refractivity contribution >= 4 is 5.97 Å². The molecule has 2 fully saturated rings. The highest BCUT2D eigenvalue weighted by atomic mass is 16.4. The van der Waals surface area contributed by atoms with E-state index >= 15 is 0 Å². The van der Waals surface area contributed by atoms with E-state index in [1.807, 2.05) is 14.0 Å². The number of carboxylic acids is 1. The number of likely N-dealkylation sites (tertiary alicyclic amines) is 1. The van der Waals surface area contributed by atoms with Crippen molar-refractivity contribution in [3.05, 3.63) is 0 Å². The van der Waals surface area contributed by atoms with E-state index in [2.05, 4.69) is 10.2 Å². The van der Waals surface area contributed by atoms with Crippen LogP contribution in [0.5, 0.6) is 0 Å². The summed E-state index contributed by atoms with van der Waals surface area (Å²) in [6.45, 7) is 3.01. The normalized spacial score (nSPS) is 37.9. The molecular weight excluding hydrogens is 192 g/mol. The lowest BCUT2D eigenvalue weighted by atomic mass is 9.85. The van der Waals surface area contributed by atoms with Gasteiger partial charge in [0.15, 0.2) is 0 Å². The van der Waals surface area contributed by atoms with E-state index < -0.39 is 5.97 Å². The molecule has 15 heavy (non-hydrogen) atoms. The Balaban J connectivity index is 2.03. The van der Waals surface area contributed by atoms with Crippen LogP contribution >= 0.6 is 0 Å². The smallest absolute Gasteiger partial charge is 0.309 e. The summed E-state index contributed by atoms with van der Waals surface area (Å²) in [5.41, 5.74) is 0. The third kappa shape index (κ3) is 2.32. The fourth-order valence-electron chi connectivity index (χ4n) is 2.45. The summed E-state index contributed by atoms with van der Waals surface area (Å²) < 4.78 is 0. The molecule has 3 atom stereocenters. The Morgan fingerprint density at radius 3 is 2.60 bits per heavy atom. The molecule has 3 unspecified atom stereocenters. The number of hydrogen-bond donors (Lipinski definition) is 2. The predicted octanol–water partition coefficient (Wildman–Crippen LogP) is 0.532. The molecule has 1 aliphatic carbocycles. The SMILES string of the molecule is CC1C(C(=O)O)C(NC2CC2)CCN1C. The van der Waals surface area contributed by atoms with Gasteiger partial charge in [0.25, 0.3) is 0 Å². The molecule has 86 valence electrons. The van der Waals surface area contributed by atoms with E-state index in [1.165, 1.54) is 12.8 Å². The number of carbonyl (C=O) groups is 1. The monoisotopic (exact) mass is 212 g/mol. The van der Waals surface area contributed by atoms with Crippen LogP contribution in [0.15, 0.2) is 0 Å². The molecule has 2 rings (SSSR count). The van der Waals surface area contributed by atoms with Gasteiger partial charge < -0.3 is 15.3 Å². The van der Waals surface area contributed by atoms with Gasteiger partial charge in [-0.3, -0.25) is 4.79 Å². The summed E-state index contributed by atoms with van der Waals surface area (Å²) in [7, 11) is 2.01. The largest absolute Gasteiger partial charge is 0.481 e. The Bertz CT molecular complexity index is 253. The zero-order valence-corrected chi connectivity index (χ0v) is 9.44. The lowest BCUT2D eigenvalue weighted by molar-refractivity contribution is -0.146. The average Bonchev–Trinajstić information content (AvgIpc) is 2.95. The van der Waals surface area contributed by atoms with Crippen LogP contribution in [0.2, 0.25) is 0 Å². The van der Waals surface area contributed by atoms with Gasteiger partial charge >= 0.3 is 5.97 Å². The highest BCUT2D eigenvalue weighted by molar-refractivity contribution is 5.72. The van der Waals surface area contributed by atoms with Gasteiger partial charge in [-0.15, -0.1) is 0 Å². The van der Waals surface area contributed by atoms with Crippen LogP contribution in [0, 0.1) is 5.92 Å². The molecule has 0 bridgehead atoms. The number of rotatable bonds is 3. The van der Waals surface area contributed by atoms with Gasteiger partial charge in [0.2, 0.25) is 0 Å². The van der Waals surface area contributed by atoms with Gasteiger partial charge in [0.05, 0.1) is 5.92 Å². The maximum Gasteiger partial charge on any atom is 0.309 e. The van der Waals surface area contributed by atoms with Gasteiger partial charge in [0.1, 0.15) is 0 Å². The molecule has 0 amide bonds. The molecule has 1 aliphatic heterocycles. The Labute approximate surface area is 90.6 Å². The van der Waals surface area contributed by atoms with E-state index in [0.29, 0.717) is 6.04 Å². The standard InChI is InChI=1S/C11H20N2O2/c1-7-10(11(14)15)9(5-6-13(7)2)12-8-3-4-8/h7-10,12H,3-6H2,1-2H3,(H,14,15). The molecule has 0 aromatic carbocycles. The Kier molecular flexibility index (Phi) is 2.98. The zero-order chi connectivity index (χ0) is 11.0. The summed E-state index contributed by atoms with van der Waals surface area (Å²) in [5, 5.41) is 12.7. The van der Waals surface area contributed by atoms with Crippen molar-refractivity contribution in [2.75, 3.05) is 13.6 Å². The van der Waals surface area contributed by atoms with E-state index in [1.54, 1.807) is 0 Å². The Morgan fingerprint density at radius 2 is 2.07 bits per heavy atom. The van der Waals surface area contributed by atoms with Crippen LogP contribution in [0.4, 0.5) is 0 Å². The summed E-state index contributed by atoms with van der Waals surface area (Å²) in [4.78, 5) is 13.4. The number of piperidine rings is 1. The van der Waals surface area contributed by atoms with Gasteiger partial charge in [-0.05, 0) is 39.8 Å². The molecule has 0 aromatic rings. The minimum absolute atomic E-state index is 0.132. The predicted molar refractivity (Wildman–Crippen MR) is 57.8 cm³/mol. The van der Waals surface area contributed by atoms with Crippen molar-refractivity contribution < 1.29 is 9.90 Å². The second-order valence-electron chi connectivity index (χ2n) is 4.92. The molecule has 2 aliphatic rings. The molecule has 0 aromatic heterocycles. The van der Waals surface area contributed by atoms with Gasteiger partial charge in [0, 0.05) is 18.1 Å². The summed E-state index contributed by atoms with van der Waals surface area (Å²) in [5.74, 6) is -0.920. The minimum Gasteiger partial charge on any atom is -0.481 e. The first-order valence-corrected chi connectivity index (χ1v) is 5.78. The number of hydrogen-bond acceptors (Lipinski definition) is 3. The van der Waals surface area contributed by atoms with Crippen molar-refractivity contribution in [1.82, 2.24) is 10.2 Å². The lowest BCUT2D eigenvalue weighted by Gasteiger charge is -2.40. The summed E-state index contributed by atoms with van der Waals surface area (Å²) >= 11 is 0. The second kappa shape index (κ2) is 4.10. The molecular formula is C11H20N2O2. The van der Waals surface area contributed by atoms with Crippen LogP contribution in [-0.4, -0.2) is 47.7 Å². The van der Waals surface area contributed by atoms with Gasteiger partial charge in [-0.25, -0.2) is 0 Å². The Hall–Kier alpha value is -0.610. The summed E-state index contributed by atoms with van der Waals surface area (Å²) in [6, 6.07) is 0.890. The third-order valence-electron chi connectivity index (χ3n) is 3.75. The quantitative estimate of drug-likeness (QED) is 0.716. The summed E-state index contributed by atoms with van der Waals surface area (Å²) in [6.07, 6.45) is 3.38. The highest BCUT2D eigenvalue weighted by Gasteiger charge is 2.40. The molecule has 4 nitrogen and oxygen atoms in total. The second-order valence-corrected chi connectivity index (χ2v) is 4.92. The number of nitrogens with zero attached hydrogens (tertiary/aromatic N) is 1. The molecule has 0 spiro atoms. The maximum atomic E-state index is 11.3. The maximum absolute atomic E-state index is 11.3.